The highest BCUT2D eigenvalue weighted by molar-refractivity contribution is 5.14. The van der Waals surface area contributed by atoms with E-state index in [0.717, 1.165) is 6.42 Å². The van der Waals surface area contributed by atoms with Crippen molar-refractivity contribution >= 4 is 0 Å². The molecule has 1 aromatic rings. The molecule has 3 nitrogen and oxygen atoms in total. The van der Waals surface area contributed by atoms with Crippen LogP contribution in [0.15, 0.2) is 12.3 Å². The molecular weight excluding hydrogens is 162 g/mol. The fourth-order valence-electron chi connectivity index (χ4n) is 2.06. The minimum absolute atomic E-state index is 0.173. The molecule has 1 unspecified atom stereocenters. The Balaban J connectivity index is 2.39. The predicted octanol–water partition coefficient (Wildman–Crippen LogP) is 1.87. The van der Waals surface area contributed by atoms with Crippen molar-refractivity contribution in [2.45, 2.75) is 39.3 Å². The van der Waals surface area contributed by atoms with Crippen LogP contribution in [0.25, 0.3) is 0 Å². The maximum Gasteiger partial charge on any atom is 0.0590 e. The Morgan fingerprint density at radius 2 is 2.23 bits per heavy atom. The van der Waals surface area contributed by atoms with Crippen LogP contribution in [0.1, 0.15) is 45.0 Å². The van der Waals surface area contributed by atoms with Gasteiger partial charge >= 0.3 is 0 Å². The molecule has 0 fully saturated rings. The van der Waals surface area contributed by atoms with Gasteiger partial charge in [-0.2, -0.15) is 5.10 Å². The van der Waals surface area contributed by atoms with Crippen molar-refractivity contribution in [2.75, 3.05) is 0 Å². The second-order valence-corrected chi connectivity index (χ2v) is 4.92. The molecule has 0 bridgehead atoms. The summed E-state index contributed by atoms with van der Waals surface area (Å²) >= 11 is 0. The van der Waals surface area contributed by atoms with Crippen molar-refractivity contribution in [1.82, 2.24) is 9.78 Å². The maximum atomic E-state index is 6.02. The molecule has 0 aromatic carbocycles. The standard InChI is InChI=1S/C10H17N3/c1-10(2,3)9-6-7(11)8-4-5-12-13(8)9/h4-5,7,9H,6,11H2,1-3H3/t7-,9?/m1/s1. The molecular formula is C10H17N3. The van der Waals surface area contributed by atoms with Gasteiger partial charge in [0.1, 0.15) is 0 Å². The molecule has 0 aliphatic carbocycles. The van der Waals surface area contributed by atoms with Crippen molar-refractivity contribution in [3.63, 3.8) is 0 Å². The largest absolute Gasteiger partial charge is 0.323 e. The molecule has 2 atom stereocenters. The van der Waals surface area contributed by atoms with E-state index >= 15 is 0 Å². The van der Waals surface area contributed by atoms with E-state index in [1.54, 1.807) is 0 Å². The number of aromatic nitrogens is 2. The van der Waals surface area contributed by atoms with Crippen LogP contribution in [0.5, 0.6) is 0 Å². The lowest BCUT2D eigenvalue weighted by atomic mass is 9.85. The molecule has 0 saturated carbocycles. The molecule has 1 aliphatic heterocycles. The van der Waals surface area contributed by atoms with Crippen LogP contribution in [0, 0.1) is 5.41 Å². The predicted molar refractivity (Wildman–Crippen MR) is 52.3 cm³/mol. The third kappa shape index (κ3) is 1.27. The van der Waals surface area contributed by atoms with Gasteiger partial charge in [0.05, 0.1) is 11.7 Å². The summed E-state index contributed by atoms with van der Waals surface area (Å²) in [5, 5.41) is 4.33. The number of rotatable bonds is 0. The van der Waals surface area contributed by atoms with Crippen molar-refractivity contribution in [2.24, 2.45) is 11.1 Å². The van der Waals surface area contributed by atoms with Gasteiger partial charge in [-0.15, -0.1) is 0 Å². The molecule has 0 radical (unpaired) electrons. The van der Waals surface area contributed by atoms with Crippen LogP contribution in [-0.2, 0) is 0 Å². The Morgan fingerprint density at radius 3 is 2.85 bits per heavy atom. The van der Waals surface area contributed by atoms with E-state index in [2.05, 4.69) is 30.6 Å². The van der Waals surface area contributed by atoms with Gasteiger partial charge in [-0.05, 0) is 17.9 Å². The van der Waals surface area contributed by atoms with E-state index in [-0.39, 0.29) is 11.5 Å². The summed E-state index contributed by atoms with van der Waals surface area (Å²) in [5.41, 5.74) is 7.44. The van der Waals surface area contributed by atoms with Crippen LogP contribution in [-0.4, -0.2) is 9.78 Å². The van der Waals surface area contributed by atoms with E-state index in [9.17, 15) is 0 Å². The topological polar surface area (TPSA) is 43.8 Å². The van der Waals surface area contributed by atoms with Gasteiger partial charge in [0.15, 0.2) is 0 Å². The Hall–Kier alpha value is -0.830. The summed E-state index contributed by atoms with van der Waals surface area (Å²) in [6.07, 6.45) is 2.86. The summed E-state index contributed by atoms with van der Waals surface area (Å²) in [5.74, 6) is 0. The van der Waals surface area contributed by atoms with Crippen molar-refractivity contribution in [3.05, 3.63) is 18.0 Å². The second-order valence-electron chi connectivity index (χ2n) is 4.92. The summed E-state index contributed by atoms with van der Waals surface area (Å²) in [6.45, 7) is 6.71. The summed E-state index contributed by atoms with van der Waals surface area (Å²) in [4.78, 5) is 0. The first kappa shape index (κ1) is 8.75. The number of nitrogens with two attached hydrogens (primary N) is 1. The Bertz CT molecular complexity index is 308. The molecule has 3 heteroatoms. The Morgan fingerprint density at radius 1 is 1.54 bits per heavy atom. The lowest BCUT2D eigenvalue weighted by Gasteiger charge is -2.27. The van der Waals surface area contributed by atoms with Gasteiger partial charge in [-0.1, -0.05) is 20.8 Å². The van der Waals surface area contributed by atoms with Gasteiger partial charge in [0.25, 0.3) is 0 Å². The van der Waals surface area contributed by atoms with Crippen molar-refractivity contribution in [3.8, 4) is 0 Å². The quantitative estimate of drug-likeness (QED) is 0.660. The molecule has 72 valence electrons. The monoisotopic (exact) mass is 179 g/mol. The Labute approximate surface area is 78.9 Å². The van der Waals surface area contributed by atoms with Gasteiger partial charge in [0.2, 0.25) is 0 Å². The average Bonchev–Trinajstić information content (AvgIpc) is 2.51. The minimum atomic E-state index is 0.173. The average molecular weight is 179 g/mol. The molecule has 2 rings (SSSR count). The van der Waals surface area contributed by atoms with Crippen molar-refractivity contribution < 1.29 is 0 Å². The molecule has 0 spiro atoms. The molecule has 13 heavy (non-hydrogen) atoms. The van der Waals surface area contributed by atoms with Crippen molar-refractivity contribution in [1.29, 1.82) is 0 Å². The number of fused-ring (bicyclic) bond motifs is 1. The Kier molecular flexibility index (Phi) is 1.74. The van der Waals surface area contributed by atoms with Crippen LogP contribution in [0.4, 0.5) is 0 Å². The normalized spacial score (nSPS) is 27.7. The number of nitrogens with zero attached hydrogens (tertiary/aromatic N) is 2. The van der Waals surface area contributed by atoms with Crippen LogP contribution >= 0.6 is 0 Å². The second kappa shape index (κ2) is 2.58. The smallest absolute Gasteiger partial charge is 0.0590 e. The van der Waals surface area contributed by atoms with Gasteiger partial charge in [0, 0.05) is 12.2 Å². The minimum Gasteiger partial charge on any atom is -0.323 e. The van der Waals surface area contributed by atoms with E-state index in [1.165, 1.54) is 5.69 Å². The third-order valence-corrected chi connectivity index (χ3v) is 2.85. The van der Waals surface area contributed by atoms with Crippen LogP contribution in [0.3, 0.4) is 0 Å². The molecule has 1 aromatic heterocycles. The zero-order valence-electron chi connectivity index (χ0n) is 8.49. The first-order valence-electron chi connectivity index (χ1n) is 4.79. The lowest BCUT2D eigenvalue weighted by Crippen LogP contribution is -2.22. The van der Waals surface area contributed by atoms with Gasteiger partial charge in [-0.3, -0.25) is 4.68 Å². The van der Waals surface area contributed by atoms with Gasteiger partial charge in [-0.25, -0.2) is 0 Å². The summed E-state index contributed by atoms with van der Waals surface area (Å²) in [6, 6.07) is 2.65. The van der Waals surface area contributed by atoms with E-state index in [1.807, 2.05) is 12.3 Å². The van der Waals surface area contributed by atoms with Crippen LogP contribution < -0.4 is 5.73 Å². The maximum absolute atomic E-state index is 6.02. The summed E-state index contributed by atoms with van der Waals surface area (Å²) in [7, 11) is 0. The molecule has 0 saturated heterocycles. The molecule has 2 heterocycles. The third-order valence-electron chi connectivity index (χ3n) is 2.85. The highest BCUT2D eigenvalue weighted by atomic mass is 15.3. The number of hydrogen-bond acceptors (Lipinski definition) is 2. The highest BCUT2D eigenvalue weighted by Crippen LogP contribution is 2.42. The van der Waals surface area contributed by atoms with Gasteiger partial charge < -0.3 is 5.73 Å². The molecule has 0 amide bonds. The fraction of sp³-hybridized carbons (Fsp3) is 0.700. The van der Waals surface area contributed by atoms with Crippen LogP contribution in [0.2, 0.25) is 0 Å². The lowest BCUT2D eigenvalue weighted by molar-refractivity contribution is 0.230. The highest BCUT2D eigenvalue weighted by Gasteiger charge is 2.36. The van der Waals surface area contributed by atoms with E-state index in [0.29, 0.717) is 6.04 Å². The first-order valence-corrected chi connectivity index (χ1v) is 4.79. The molecule has 2 N–H and O–H groups in total. The van der Waals surface area contributed by atoms with E-state index in [4.69, 9.17) is 5.73 Å². The first-order chi connectivity index (χ1) is 6.00. The molecule has 1 aliphatic rings. The summed E-state index contributed by atoms with van der Waals surface area (Å²) < 4.78 is 2.09. The number of hydrogen-bond donors (Lipinski definition) is 1. The zero-order valence-corrected chi connectivity index (χ0v) is 8.49. The van der Waals surface area contributed by atoms with E-state index < -0.39 is 0 Å². The SMILES string of the molecule is CC(C)(C)C1C[C@@H](N)c2ccnn21. The fourth-order valence-corrected chi connectivity index (χ4v) is 2.06. The zero-order chi connectivity index (χ0) is 9.64.